The predicted octanol–water partition coefficient (Wildman–Crippen LogP) is 3.29. The Morgan fingerprint density at radius 1 is 1.44 bits per heavy atom. The molecule has 0 aliphatic carbocycles. The number of nitriles is 1. The van der Waals surface area contributed by atoms with Crippen LogP contribution in [0.4, 0.5) is 4.39 Å². The lowest BCUT2D eigenvalue weighted by Crippen LogP contribution is -2.31. The Bertz CT molecular complexity index is 994. The van der Waals surface area contributed by atoms with Gasteiger partial charge in [0.2, 0.25) is 5.91 Å². The van der Waals surface area contributed by atoms with Crippen LogP contribution < -0.4 is 10.9 Å². The van der Waals surface area contributed by atoms with Gasteiger partial charge in [-0.25, -0.2) is 4.39 Å². The molecule has 1 aliphatic rings. The number of hydrogen-bond acceptors (Lipinski definition) is 4. The van der Waals surface area contributed by atoms with Crippen LogP contribution in [0.25, 0.3) is 0 Å². The average molecular weight is 385 g/mol. The van der Waals surface area contributed by atoms with Crippen molar-refractivity contribution in [1.82, 2.24) is 10.3 Å². The van der Waals surface area contributed by atoms with E-state index in [9.17, 15) is 14.0 Å². The van der Waals surface area contributed by atoms with Crippen LogP contribution in [0.2, 0.25) is 0 Å². The third kappa shape index (κ3) is 3.91. The van der Waals surface area contributed by atoms with Crippen LogP contribution in [0, 0.1) is 31.0 Å². The average Bonchev–Trinajstić information content (AvgIpc) is 2.62. The van der Waals surface area contributed by atoms with E-state index in [1.54, 1.807) is 19.9 Å². The van der Waals surface area contributed by atoms with E-state index < -0.39 is 5.56 Å². The Kier molecular flexibility index (Phi) is 5.66. The van der Waals surface area contributed by atoms with Gasteiger partial charge in [-0.15, -0.1) is 11.8 Å². The summed E-state index contributed by atoms with van der Waals surface area (Å²) in [5, 5.41) is 12.1. The molecule has 2 N–H and O–H groups in total. The molecule has 5 nitrogen and oxygen atoms in total. The van der Waals surface area contributed by atoms with Gasteiger partial charge >= 0.3 is 0 Å². The van der Waals surface area contributed by atoms with Gasteiger partial charge in [0.1, 0.15) is 17.4 Å². The molecule has 2 aromatic rings. The lowest BCUT2D eigenvalue weighted by molar-refractivity contribution is -0.121. The molecule has 1 atom stereocenters. The fraction of sp³-hybridized carbons (Fsp3) is 0.350. The van der Waals surface area contributed by atoms with Crippen molar-refractivity contribution in [3.63, 3.8) is 0 Å². The number of rotatable bonds is 4. The van der Waals surface area contributed by atoms with Gasteiger partial charge in [-0.05, 0) is 49.4 Å². The van der Waals surface area contributed by atoms with Crippen molar-refractivity contribution in [2.45, 2.75) is 44.0 Å². The summed E-state index contributed by atoms with van der Waals surface area (Å²) in [5.74, 6) is 0.369. The molecule has 1 amide bonds. The highest BCUT2D eigenvalue weighted by Crippen LogP contribution is 2.37. The van der Waals surface area contributed by atoms with Crippen molar-refractivity contribution in [3.05, 3.63) is 62.3 Å². The van der Waals surface area contributed by atoms with Gasteiger partial charge in [0.25, 0.3) is 5.56 Å². The standard InChI is InChI=1S/C20H20FN3O2S/c1-11-13(12(2)23-20(26)15(11)10-22)6-7-18(25)24-17-8-9-27-19-14(17)4-3-5-16(19)21/h3-5,17H,6-9H2,1-2H3,(H,23,26)(H,24,25)/t17-/m1/s1. The molecule has 1 aliphatic heterocycles. The normalized spacial score (nSPS) is 15.7. The number of hydrogen-bond donors (Lipinski definition) is 2. The molecule has 1 aromatic carbocycles. The van der Waals surface area contributed by atoms with Crippen LogP contribution in [-0.4, -0.2) is 16.6 Å². The molecular weight excluding hydrogens is 365 g/mol. The van der Waals surface area contributed by atoms with E-state index in [1.807, 2.05) is 12.1 Å². The third-order valence-electron chi connectivity index (χ3n) is 4.88. The van der Waals surface area contributed by atoms with Gasteiger partial charge in [0.05, 0.1) is 6.04 Å². The molecule has 7 heteroatoms. The third-order valence-corrected chi connectivity index (χ3v) is 6.04. The fourth-order valence-corrected chi connectivity index (χ4v) is 4.60. The van der Waals surface area contributed by atoms with Crippen LogP contribution >= 0.6 is 11.8 Å². The van der Waals surface area contributed by atoms with E-state index in [0.29, 0.717) is 22.6 Å². The van der Waals surface area contributed by atoms with Gasteiger partial charge in [-0.2, -0.15) is 5.26 Å². The summed E-state index contributed by atoms with van der Waals surface area (Å²) >= 11 is 1.48. The minimum atomic E-state index is -0.404. The second-order valence-electron chi connectivity index (χ2n) is 6.58. The van der Waals surface area contributed by atoms with Crippen LogP contribution in [0.3, 0.4) is 0 Å². The highest BCUT2D eigenvalue weighted by molar-refractivity contribution is 7.99. The number of pyridine rings is 1. The summed E-state index contributed by atoms with van der Waals surface area (Å²) in [6.45, 7) is 3.49. The van der Waals surface area contributed by atoms with Crippen molar-refractivity contribution in [3.8, 4) is 6.07 Å². The lowest BCUT2D eigenvalue weighted by atomic mass is 9.98. The maximum absolute atomic E-state index is 14.0. The second-order valence-corrected chi connectivity index (χ2v) is 7.69. The molecule has 0 radical (unpaired) electrons. The van der Waals surface area contributed by atoms with Gasteiger partial charge in [0, 0.05) is 22.8 Å². The van der Waals surface area contributed by atoms with Crippen molar-refractivity contribution < 1.29 is 9.18 Å². The number of carbonyl (C=O) groups is 1. The van der Waals surface area contributed by atoms with Gasteiger partial charge in [0.15, 0.2) is 0 Å². The topological polar surface area (TPSA) is 85.8 Å². The monoisotopic (exact) mass is 385 g/mol. The number of fused-ring (bicyclic) bond motifs is 1. The molecule has 0 bridgehead atoms. The molecule has 0 spiro atoms. The fourth-order valence-electron chi connectivity index (χ4n) is 3.46. The molecule has 1 aromatic heterocycles. The highest BCUT2D eigenvalue weighted by Gasteiger charge is 2.24. The summed E-state index contributed by atoms with van der Waals surface area (Å²) < 4.78 is 14.0. The number of amides is 1. The van der Waals surface area contributed by atoms with Gasteiger partial charge < -0.3 is 10.3 Å². The van der Waals surface area contributed by atoms with E-state index in [4.69, 9.17) is 5.26 Å². The van der Waals surface area contributed by atoms with E-state index in [2.05, 4.69) is 10.3 Å². The van der Waals surface area contributed by atoms with Crippen LogP contribution in [-0.2, 0) is 11.2 Å². The van der Waals surface area contributed by atoms with Crippen molar-refractivity contribution in [1.29, 1.82) is 5.26 Å². The Morgan fingerprint density at radius 2 is 2.22 bits per heavy atom. The van der Waals surface area contributed by atoms with Crippen LogP contribution in [0.5, 0.6) is 0 Å². The van der Waals surface area contributed by atoms with Crippen LogP contribution in [0.1, 0.15) is 46.8 Å². The summed E-state index contributed by atoms with van der Waals surface area (Å²) in [6, 6.07) is 6.67. The first-order valence-electron chi connectivity index (χ1n) is 8.75. The molecule has 0 unspecified atom stereocenters. The first kappa shape index (κ1) is 19.2. The van der Waals surface area contributed by atoms with E-state index in [1.165, 1.54) is 17.8 Å². The minimum Gasteiger partial charge on any atom is -0.349 e. The quantitative estimate of drug-likeness (QED) is 0.846. The number of nitrogens with one attached hydrogen (secondary N) is 2. The first-order chi connectivity index (χ1) is 12.9. The van der Waals surface area contributed by atoms with Gasteiger partial charge in [-0.1, -0.05) is 12.1 Å². The molecule has 3 rings (SSSR count). The number of nitrogens with zero attached hydrogens (tertiary/aromatic N) is 1. The Morgan fingerprint density at radius 3 is 2.96 bits per heavy atom. The molecule has 0 saturated heterocycles. The lowest BCUT2D eigenvalue weighted by Gasteiger charge is -2.26. The summed E-state index contributed by atoms with van der Waals surface area (Å²) in [6.07, 6.45) is 1.40. The number of aromatic amines is 1. The number of carbonyl (C=O) groups excluding carboxylic acids is 1. The molecule has 0 fully saturated rings. The smallest absolute Gasteiger partial charge is 0.266 e. The summed E-state index contributed by atoms with van der Waals surface area (Å²) in [7, 11) is 0. The number of thioether (sulfide) groups is 1. The Labute approximate surface area is 161 Å². The second kappa shape index (κ2) is 7.97. The molecular formula is C20H20FN3O2S. The van der Waals surface area contributed by atoms with E-state index >= 15 is 0 Å². The van der Waals surface area contributed by atoms with E-state index in [-0.39, 0.29) is 29.8 Å². The predicted molar refractivity (Wildman–Crippen MR) is 102 cm³/mol. The van der Waals surface area contributed by atoms with Crippen LogP contribution in [0.15, 0.2) is 27.9 Å². The van der Waals surface area contributed by atoms with Gasteiger partial charge in [-0.3, -0.25) is 9.59 Å². The highest BCUT2D eigenvalue weighted by atomic mass is 32.2. The zero-order valence-electron chi connectivity index (χ0n) is 15.2. The summed E-state index contributed by atoms with van der Waals surface area (Å²) in [4.78, 5) is 27.6. The molecule has 0 saturated carbocycles. The number of H-pyrrole nitrogens is 1. The number of aromatic nitrogens is 1. The number of halogens is 1. The van der Waals surface area contributed by atoms with Crippen molar-refractivity contribution >= 4 is 17.7 Å². The van der Waals surface area contributed by atoms with E-state index in [0.717, 1.165) is 23.3 Å². The number of aryl methyl sites for hydroxylation is 1. The summed E-state index contributed by atoms with van der Waals surface area (Å²) in [5.41, 5.74) is 2.61. The maximum atomic E-state index is 14.0. The number of benzene rings is 1. The van der Waals surface area contributed by atoms with Crippen molar-refractivity contribution in [2.75, 3.05) is 5.75 Å². The Hall–Kier alpha value is -2.59. The maximum Gasteiger partial charge on any atom is 0.266 e. The SMILES string of the molecule is Cc1[nH]c(=O)c(C#N)c(C)c1CCC(=O)N[C@@H]1CCSc2c(F)cccc21. The zero-order valence-corrected chi connectivity index (χ0v) is 16.0. The zero-order chi connectivity index (χ0) is 19.6. The molecule has 27 heavy (non-hydrogen) atoms. The first-order valence-corrected chi connectivity index (χ1v) is 9.74. The molecule has 2 heterocycles. The van der Waals surface area contributed by atoms with Crippen molar-refractivity contribution in [2.24, 2.45) is 0 Å². The molecule has 140 valence electrons. The Balaban J connectivity index is 1.72. The minimum absolute atomic E-state index is 0.0877. The largest absolute Gasteiger partial charge is 0.349 e.